The minimum Gasteiger partial charge on any atom is -0.493 e. The van der Waals surface area contributed by atoms with Gasteiger partial charge in [-0.05, 0) is 434 Å². The first-order valence-corrected chi connectivity index (χ1v) is 50.8. The van der Waals surface area contributed by atoms with Crippen LogP contribution in [0.3, 0.4) is 0 Å². The van der Waals surface area contributed by atoms with E-state index >= 15 is 0 Å². The number of anilines is 6. The maximum absolute atomic E-state index is 11.7. The summed E-state index contributed by atoms with van der Waals surface area (Å²) in [6.07, 6.45) is 0.154. The maximum Gasteiger partial charge on any atom is 0.411 e. The fourth-order valence-corrected chi connectivity index (χ4v) is 17.6. The van der Waals surface area contributed by atoms with Crippen molar-refractivity contribution in [2.45, 2.75) is 182 Å². The summed E-state index contributed by atoms with van der Waals surface area (Å²) < 4.78 is 75.1. The number of hydrogen-bond acceptors (Lipinski definition) is 20. The van der Waals surface area contributed by atoms with E-state index < -0.39 is 36.6 Å². The van der Waals surface area contributed by atoms with Gasteiger partial charge in [-0.3, -0.25) is 31.9 Å². The van der Waals surface area contributed by atoms with E-state index in [0.29, 0.717) is 90.0 Å². The highest BCUT2D eigenvalue weighted by Gasteiger charge is 2.29. The molecule has 0 spiro atoms. The Morgan fingerprint density at radius 1 is 0.264 bits per heavy atom. The van der Waals surface area contributed by atoms with Crippen LogP contribution >= 0.6 is 95.6 Å². The Labute approximate surface area is 894 Å². The molecule has 0 unspecified atom stereocenters. The second-order valence-corrected chi connectivity index (χ2v) is 38.7. The highest BCUT2D eigenvalue weighted by Crippen LogP contribution is 2.45. The third kappa shape index (κ3) is 35.0. The Morgan fingerprint density at radius 2 is 0.486 bits per heavy atom. The van der Waals surface area contributed by atoms with Crippen molar-refractivity contribution in [1.82, 2.24) is 0 Å². The van der Waals surface area contributed by atoms with Crippen LogP contribution in [0.1, 0.15) is 161 Å². The first kappa shape index (κ1) is 117. The van der Waals surface area contributed by atoms with Crippen LogP contribution in [0.5, 0.6) is 40.2 Å². The van der Waals surface area contributed by atoms with E-state index in [-0.39, 0.29) is 19.8 Å². The third-order valence-corrected chi connectivity index (χ3v) is 27.4. The normalized spacial score (nSPS) is 10.9. The molecule has 26 nitrogen and oxygen atoms in total. The number of aryl methyl sites for hydroxylation is 15. The number of methoxy groups -OCH3 is 6. The predicted molar refractivity (Wildman–Crippen MR) is 590 cm³/mol. The quantitative estimate of drug-likeness (QED) is 0.0214. The van der Waals surface area contributed by atoms with Crippen LogP contribution in [-0.4, -0.2) is 90.9 Å². The Morgan fingerprint density at radius 3 is 0.757 bits per heavy atom. The van der Waals surface area contributed by atoms with Crippen LogP contribution in [0.4, 0.5) is 62.9 Å². The van der Waals surface area contributed by atoms with Gasteiger partial charge in [-0.15, -0.1) is 0 Å². The predicted octanol–water partition coefficient (Wildman–Crippen LogP) is 30.9. The fraction of sp³-hybridized carbons (Fsp3) is 0.304. The summed E-state index contributed by atoms with van der Waals surface area (Å²) in [4.78, 5) is 69.3. The van der Waals surface area contributed by atoms with Gasteiger partial charge in [0.25, 0.3) is 0 Å². The zero-order valence-corrected chi connectivity index (χ0v) is 94.7. The van der Waals surface area contributed by atoms with E-state index in [1.165, 1.54) is 111 Å². The average Bonchev–Trinajstić information content (AvgIpc) is 1.64. The zero-order valence-electron chi connectivity index (χ0n) is 85.1. The topological polar surface area (TPSA) is 315 Å². The number of halogens is 6. The van der Waals surface area contributed by atoms with Crippen LogP contribution in [0.15, 0.2) is 209 Å². The van der Waals surface area contributed by atoms with Crippen LogP contribution < -0.4 is 65.1 Å². The largest absolute Gasteiger partial charge is 0.493 e. The van der Waals surface area contributed by atoms with Crippen LogP contribution in [0.25, 0.3) is 0 Å². The molecule has 0 atom stereocenters. The standard InChI is InChI=1S/C20H22BrNO3.C19H22BrNO4.C19H22BrNO3.C18H20BrNO4.2C18H20BrNO3/c1-12-9-17(21)19(10-13(12)2)25-11-16-15(14-7-8-14)5-4-6-18(16)22-20(23)24-3;1-5-24-17-8-6-7-16(21-19(22)23-4)14(17)11-25-18-10-13(3)12(2)9-15(18)20;1-5-14-7-6-8-17(21-19(22)23-4)15(14)11-24-18-10-13(3)12(2)9-16(18)20;1-11-7-15(19)17(8-12(11)2)24-10-14-13(9-21)5-4-6-16(14)20-18(22)23-3;2*1-11-6-5-7-16(20-18(21)22-4)14(11)10-23-17-9-13(3)12(2)8-15(17)19/h4-6,9-10,14H,7-8,11H2,1-3H3,(H,22,23);6-10H,5,11H2,1-4H3,(H,21,22);6-10H,5,11H2,1-4H3,(H,21,22);4-8,21H,9-10H2,1-3H3,(H,20,22);2*5-9H,10H2,1-4H3,(H,20,21). The molecule has 1 saturated carbocycles. The lowest BCUT2D eigenvalue weighted by molar-refractivity contribution is 0.186. The number of aliphatic hydroxyl groups is 1. The Kier molecular flexibility index (Phi) is 47.1. The van der Waals surface area contributed by atoms with Gasteiger partial charge in [0.15, 0.2) is 0 Å². The molecule has 1 aliphatic rings. The second kappa shape index (κ2) is 58.0. The van der Waals surface area contributed by atoms with E-state index in [2.05, 4.69) is 207 Å². The molecule has 13 rings (SSSR count). The van der Waals surface area contributed by atoms with Crippen LogP contribution in [-0.2, 0) is 81.1 Å². The van der Waals surface area contributed by atoms with E-state index in [9.17, 15) is 33.9 Å². The van der Waals surface area contributed by atoms with Gasteiger partial charge in [0.05, 0.1) is 122 Å². The molecule has 1 fully saturated rings. The van der Waals surface area contributed by atoms with Gasteiger partial charge in [-0.2, -0.15) is 0 Å². The highest BCUT2D eigenvalue weighted by molar-refractivity contribution is 9.11. The maximum atomic E-state index is 11.7. The summed E-state index contributed by atoms with van der Waals surface area (Å²) >= 11 is 21.2. The van der Waals surface area contributed by atoms with Gasteiger partial charge < -0.3 is 66.7 Å². The Bertz CT molecular complexity index is 6240. The number of aliphatic hydroxyl groups excluding tert-OH is 1. The van der Waals surface area contributed by atoms with Crippen molar-refractivity contribution in [3.05, 3.63) is 337 Å². The molecule has 0 saturated heterocycles. The molecule has 12 aromatic rings. The number of hydrogen-bond donors (Lipinski definition) is 7. The molecule has 0 radical (unpaired) electrons. The molecule has 6 amide bonds. The zero-order chi connectivity index (χ0) is 106. The number of nitrogens with one attached hydrogen (secondary N) is 6. The third-order valence-electron chi connectivity index (χ3n) is 23.6. The van der Waals surface area contributed by atoms with Crippen molar-refractivity contribution in [2.24, 2.45) is 0 Å². The molecular weight excluding hydrogens is 2230 g/mol. The molecule has 0 heterocycles. The number of rotatable bonds is 29. The van der Waals surface area contributed by atoms with Crippen LogP contribution in [0.2, 0.25) is 0 Å². The summed E-state index contributed by atoms with van der Waals surface area (Å²) in [6.45, 7) is 34.8. The van der Waals surface area contributed by atoms with Crippen molar-refractivity contribution < 1.29 is 95.5 Å². The monoisotopic (exact) mass is 2350 g/mol. The van der Waals surface area contributed by atoms with Crippen molar-refractivity contribution in [2.75, 3.05) is 81.2 Å². The van der Waals surface area contributed by atoms with E-state index in [0.717, 1.165) is 129 Å². The number of benzene rings is 12. The summed E-state index contributed by atoms with van der Waals surface area (Å²) in [5.74, 6) is 5.80. The SMILES string of the molecule is CCOc1cccc(NC(=O)OC)c1COc1cc(C)c(C)cc1Br.CCc1cccc(NC(=O)OC)c1COc1cc(C)c(C)cc1Br.COC(=O)Nc1cccc(C)c1COc1cc(C)c(C)cc1Br.COC(=O)Nc1cccc(C)c1COc1cc(C)c(C)cc1Br.COC(=O)Nc1cccc(C2CC2)c1COc1cc(C)c(C)cc1Br.COC(=O)Nc1cccc(CO)c1COc1cc(C)c(C)cc1Br. The minimum atomic E-state index is -0.571. The summed E-state index contributed by atoms with van der Waals surface area (Å²) in [7, 11) is 8.02. The van der Waals surface area contributed by atoms with Gasteiger partial charge in [0, 0.05) is 27.8 Å². The molecule has 0 aromatic heterocycles. The van der Waals surface area contributed by atoms with E-state index in [4.69, 9.17) is 42.6 Å². The van der Waals surface area contributed by atoms with E-state index in [1.54, 1.807) is 24.3 Å². The molecule has 0 aliphatic heterocycles. The number of carbonyl (C=O) groups is 6. The van der Waals surface area contributed by atoms with Gasteiger partial charge >= 0.3 is 36.6 Å². The molecule has 0 bridgehead atoms. The molecule has 32 heteroatoms. The molecule has 1 aliphatic carbocycles. The summed E-state index contributed by atoms with van der Waals surface area (Å²) in [5.41, 5.74) is 28.5. The lowest BCUT2D eigenvalue weighted by Gasteiger charge is -2.17. The molecule has 7 N–H and O–H groups in total. The second-order valence-electron chi connectivity index (χ2n) is 33.6. The van der Waals surface area contributed by atoms with Crippen molar-refractivity contribution in [3.8, 4) is 40.2 Å². The number of amides is 6. The van der Waals surface area contributed by atoms with Gasteiger partial charge in [-0.25, -0.2) is 28.8 Å². The molecule has 12 aromatic carbocycles. The molecular formula is C112H126Br6N6O20. The van der Waals surface area contributed by atoms with Gasteiger partial charge in [0.2, 0.25) is 0 Å². The Hall–Kier alpha value is -12.3. The summed E-state index contributed by atoms with van der Waals surface area (Å²) in [5, 5.41) is 25.9. The molecule has 144 heavy (non-hydrogen) atoms. The average molecular weight is 2360 g/mol. The lowest BCUT2D eigenvalue weighted by Crippen LogP contribution is -2.14. The summed E-state index contributed by atoms with van der Waals surface area (Å²) in [6, 6.07) is 58.1. The molecule has 766 valence electrons. The van der Waals surface area contributed by atoms with Gasteiger partial charge in [0.1, 0.15) is 79.9 Å². The van der Waals surface area contributed by atoms with Crippen molar-refractivity contribution in [3.63, 3.8) is 0 Å². The first-order valence-electron chi connectivity index (χ1n) is 46.0. The minimum absolute atomic E-state index is 0.149. The van der Waals surface area contributed by atoms with E-state index in [1.807, 2.05) is 208 Å². The number of ether oxygens (including phenoxy) is 13. The van der Waals surface area contributed by atoms with Gasteiger partial charge in [-0.1, -0.05) is 73.7 Å². The smallest absolute Gasteiger partial charge is 0.411 e. The first-order chi connectivity index (χ1) is 68.7. The Balaban J connectivity index is 0.000000211. The van der Waals surface area contributed by atoms with Crippen LogP contribution in [0, 0.1) is 96.9 Å². The lowest BCUT2D eigenvalue weighted by atomic mass is 10.0. The number of carbonyl (C=O) groups excluding carboxylic acids is 6. The fourth-order valence-electron chi connectivity index (χ4n) is 14.2. The van der Waals surface area contributed by atoms with Crippen molar-refractivity contribution >= 4 is 166 Å². The highest BCUT2D eigenvalue weighted by atomic mass is 79.9. The van der Waals surface area contributed by atoms with Crippen molar-refractivity contribution in [1.29, 1.82) is 0 Å².